The van der Waals surface area contributed by atoms with Crippen molar-refractivity contribution in [3.63, 3.8) is 0 Å². The van der Waals surface area contributed by atoms with Gasteiger partial charge in [0.1, 0.15) is 22.8 Å². The van der Waals surface area contributed by atoms with E-state index in [1.807, 2.05) is 18.5 Å². The van der Waals surface area contributed by atoms with Crippen molar-refractivity contribution >= 4 is 45.8 Å². The van der Waals surface area contributed by atoms with Crippen LogP contribution in [0.15, 0.2) is 49.1 Å². The lowest BCUT2D eigenvalue weighted by molar-refractivity contribution is -0.114. The molecule has 1 saturated carbocycles. The van der Waals surface area contributed by atoms with Crippen LogP contribution in [-0.2, 0) is 11.8 Å². The Morgan fingerprint density at radius 2 is 1.96 bits per heavy atom. The number of alkyl halides is 1. The molecule has 3 heterocycles. The number of aliphatic hydroxyl groups is 1. The Balaban J connectivity index is 1.71. The summed E-state index contributed by atoms with van der Waals surface area (Å²) in [5.41, 5.74) is 8.43. The first-order chi connectivity index (χ1) is 21.1. The number of nitrogens with two attached hydrogens (primary N) is 1. The molecule has 0 atom stereocenters. The summed E-state index contributed by atoms with van der Waals surface area (Å²) in [5, 5.41) is 15.9. The summed E-state index contributed by atoms with van der Waals surface area (Å²) in [6, 6.07) is 6.65. The number of anilines is 2. The van der Waals surface area contributed by atoms with Gasteiger partial charge in [0, 0.05) is 41.8 Å². The lowest BCUT2D eigenvalue weighted by atomic mass is 9.96. The largest absolute Gasteiger partial charge is 0.383 e. The van der Waals surface area contributed by atoms with E-state index in [0.717, 1.165) is 11.1 Å². The van der Waals surface area contributed by atoms with Crippen LogP contribution in [0.2, 0.25) is 5.02 Å². The maximum atomic E-state index is 14.1. The predicted molar refractivity (Wildman–Crippen MR) is 171 cm³/mol. The molecule has 9 nitrogen and oxygen atoms in total. The van der Waals surface area contributed by atoms with Gasteiger partial charge in [-0.1, -0.05) is 36.1 Å². The Morgan fingerprint density at radius 1 is 1.24 bits per heavy atom. The minimum absolute atomic E-state index is 0.0439. The van der Waals surface area contributed by atoms with Crippen LogP contribution in [-0.4, -0.2) is 49.3 Å². The summed E-state index contributed by atoms with van der Waals surface area (Å²) >= 11 is 6.59. The molecule has 5 rings (SSSR count). The van der Waals surface area contributed by atoms with Crippen LogP contribution >= 0.6 is 11.6 Å². The number of carbonyl (C=O) groups excluding carboxylic acids is 2. The molecule has 0 bridgehead atoms. The Hall–Kier alpha value is -4.79. The molecular formula is C33H31ClF2N6O3. The van der Waals surface area contributed by atoms with Crippen molar-refractivity contribution in [2.45, 2.75) is 44.9 Å². The van der Waals surface area contributed by atoms with Gasteiger partial charge in [-0.25, -0.2) is 18.7 Å². The molecule has 1 aliphatic carbocycles. The molecule has 1 aliphatic rings. The number of carbonyl (C=O) groups is 2. The molecule has 0 spiro atoms. The Morgan fingerprint density at radius 3 is 2.56 bits per heavy atom. The van der Waals surface area contributed by atoms with Gasteiger partial charge in [0.15, 0.2) is 5.83 Å². The third-order valence-corrected chi connectivity index (χ3v) is 7.72. The SMILES string of the molecule is C=C(F)C(=O)Nc1ccc(-c2c(-c3cnc(C(=O)NCC4(F)CC4)c(Cl)c3)c3c(N)ncc(C#CC(C)(C)O)c3n2C)c(C)c1. The van der Waals surface area contributed by atoms with Crippen molar-refractivity contribution in [3.05, 3.63) is 70.9 Å². The van der Waals surface area contributed by atoms with Crippen LogP contribution < -0.4 is 16.4 Å². The molecule has 232 valence electrons. The van der Waals surface area contributed by atoms with E-state index in [-0.39, 0.29) is 23.1 Å². The van der Waals surface area contributed by atoms with Crippen LogP contribution in [0, 0.1) is 18.8 Å². The summed E-state index contributed by atoms with van der Waals surface area (Å²) in [7, 11) is 1.82. The number of amides is 2. The molecule has 0 aliphatic heterocycles. The normalized spacial score (nSPS) is 13.6. The van der Waals surface area contributed by atoms with Gasteiger partial charge < -0.3 is 26.0 Å². The summed E-state index contributed by atoms with van der Waals surface area (Å²) < 4.78 is 29.3. The Labute approximate surface area is 263 Å². The van der Waals surface area contributed by atoms with Crippen LogP contribution in [0.1, 0.15) is 48.3 Å². The number of halogens is 3. The molecule has 0 unspecified atom stereocenters. The third-order valence-electron chi connectivity index (χ3n) is 7.43. The Kier molecular flexibility index (Phi) is 8.16. The summed E-state index contributed by atoms with van der Waals surface area (Å²) in [5.74, 6) is 3.35. The van der Waals surface area contributed by atoms with Crippen LogP contribution in [0.5, 0.6) is 0 Å². The van der Waals surface area contributed by atoms with Gasteiger partial charge in [0.05, 0.1) is 33.7 Å². The van der Waals surface area contributed by atoms with Gasteiger partial charge in [-0.05, 0) is 57.4 Å². The topological polar surface area (TPSA) is 135 Å². The summed E-state index contributed by atoms with van der Waals surface area (Å²) in [4.78, 5) is 33.4. The molecule has 1 aromatic carbocycles. The highest BCUT2D eigenvalue weighted by molar-refractivity contribution is 6.34. The number of aryl methyl sites for hydroxylation is 2. The molecule has 0 radical (unpaired) electrons. The highest BCUT2D eigenvalue weighted by atomic mass is 35.5. The summed E-state index contributed by atoms with van der Waals surface area (Å²) in [6.45, 7) is 7.86. The van der Waals surface area contributed by atoms with Gasteiger partial charge >= 0.3 is 0 Å². The van der Waals surface area contributed by atoms with Crippen molar-refractivity contribution in [1.82, 2.24) is 19.9 Å². The predicted octanol–water partition coefficient (Wildman–Crippen LogP) is 5.62. The second kappa shape index (κ2) is 11.6. The van der Waals surface area contributed by atoms with E-state index in [0.29, 0.717) is 51.8 Å². The van der Waals surface area contributed by atoms with Crippen LogP contribution in [0.4, 0.5) is 20.3 Å². The highest BCUT2D eigenvalue weighted by Crippen LogP contribution is 2.45. The lowest BCUT2D eigenvalue weighted by Gasteiger charge is -2.14. The summed E-state index contributed by atoms with van der Waals surface area (Å²) in [6.07, 6.45) is 3.79. The van der Waals surface area contributed by atoms with Gasteiger partial charge in [-0.15, -0.1) is 0 Å². The smallest absolute Gasteiger partial charge is 0.283 e. The van der Waals surface area contributed by atoms with Crippen molar-refractivity contribution in [2.24, 2.45) is 7.05 Å². The van der Waals surface area contributed by atoms with Crippen molar-refractivity contribution in [3.8, 4) is 34.2 Å². The molecule has 1 fully saturated rings. The van der Waals surface area contributed by atoms with E-state index in [1.54, 1.807) is 38.1 Å². The average Bonchev–Trinajstić information content (AvgIpc) is 3.62. The van der Waals surface area contributed by atoms with E-state index < -0.39 is 28.9 Å². The van der Waals surface area contributed by atoms with Gasteiger partial charge in [-0.2, -0.15) is 0 Å². The number of hydrogen-bond donors (Lipinski definition) is 4. The number of benzene rings is 1. The fourth-order valence-corrected chi connectivity index (χ4v) is 5.25. The van der Waals surface area contributed by atoms with Crippen LogP contribution in [0.25, 0.3) is 33.3 Å². The number of nitrogens with one attached hydrogen (secondary N) is 2. The number of hydrogen-bond acceptors (Lipinski definition) is 6. The van der Waals surface area contributed by atoms with E-state index in [1.165, 1.54) is 12.4 Å². The number of nitrogen functional groups attached to an aromatic ring is 1. The maximum Gasteiger partial charge on any atom is 0.283 e. The molecular weight excluding hydrogens is 602 g/mol. The molecule has 3 aromatic heterocycles. The molecule has 0 saturated heterocycles. The first-order valence-electron chi connectivity index (χ1n) is 14.0. The number of aromatic nitrogens is 3. The minimum atomic E-state index is -1.38. The van der Waals surface area contributed by atoms with Crippen LogP contribution in [0.3, 0.4) is 0 Å². The Bertz CT molecular complexity index is 1970. The molecule has 5 N–H and O–H groups in total. The lowest BCUT2D eigenvalue weighted by Crippen LogP contribution is -2.31. The van der Waals surface area contributed by atoms with E-state index in [9.17, 15) is 23.5 Å². The van der Waals surface area contributed by atoms with Crippen molar-refractivity contribution in [1.29, 1.82) is 0 Å². The zero-order chi connectivity index (χ0) is 32.8. The quantitative estimate of drug-likeness (QED) is 0.154. The fourth-order valence-electron chi connectivity index (χ4n) is 5.00. The number of nitrogens with zero attached hydrogens (tertiary/aromatic N) is 3. The zero-order valence-electron chi connectivity index (χ0n) is 25.1. The van der Waals surface area contributed by atoms with Crippen molar-refractivity contribution < 1.29 is 23.5 Å². The molecule has 45 heavy (non-hydrogen) atoms. The standard InChI is InChI=1S/C33H31ClF2N6O3/c1-17-12-21(41-30(43)18(2)35)6-7-22(17)28-24(20-13-23(34)26(38-15-20)31(44)40-16-33(36)10-11-33)25-27(42(28)5)19(14-39-29(25)37)8-9-32(3,4)45/h6-7,12-15,45H,2,10-11,16H2,1,3-5H3,(H2,37,39)(H,40,44)(H,41,43). The molecule has 2 amide bonds. The van der Waals surface area contributed by atoms with Gasteiger partial charge in [-0.3, -0.25) is 9.59 Å². The van der Waals surface area contributed by atoms with E-state index in [4.69, 9.17) is 17.3 Å². The molecule has 12 heteroatoms. The first-order valence-corrected chi connectivity index (χ1v) is 14.4. The number of pyridine rings is 2. The maximum absolute atomic E-state index is 14.1. The van der Waals surface area contributed by atoms with E-state index in [2.05, 4.69) is 39.0 Å². The van der Waals surface area contributed by atoms with Gasteiger partial charge in [0.2, 0.25) is 0 Å². The highest BCUT2D eigenvalue weighted by Gasteiger charge is 2.43. The first kappa shape index (κ1) is 31.6. The minimum Gasteiger partial charge on any atom is -0.383 e. The molecule has 4 aromatic rings. The average molecular weight is 633 g/mol. The second-order valence-corrected chi connectivity index (χ2v) is 12.1. The van der Waals surface area contributed by atoms with Gasteiger partial charge in [0.25, 0.3) is 11.8 Å². The van der Waals surface area contributed by atoms with Crippen molar-refractivity contribution in [2.75, 3.05) is 17.6 Å². The van der Waals surface area contributed by atoms with E-state index >= 15 is 0 Å². The number of fused-ring (bicyclic) bond motifs is 1. The third kappa shape index (κ3) is 6.53. The monoisotopic (exact) mass is 632 g/mol. The fraction of sp³-hybridized carbons (Fsp3) is 0.273. The second-order valence-electron chi connectivity index (χ2n) is 11.6. The zero-order valence-corrected chi connectivity index (χ0v) is 25.9. The number of rotatable bonds is 7.